The summed E-state index contributed by atoms with van der Waals surface area (Å²) in [5, 5.41) is 9.98. The summed E-state index contributed by atoms with van der Waals surface area (Å²) in [6, 6.07) is 5.67. The lowest BCUT2D eigenvalue weighted by atomic mass is 10.1. The summed E-state index contributed by atoms with van der Waals surface area (Å²) < 4.78 is 5.23. The topological polar surface area (TPSA) is 59.4 Å². The first-order valence-corrected chi connectivity index (χ1v) is 9.52. The van der Waals surface area contributed by atoms with E-state index < -0.39 is 6.10 Å². The number of rotatable bonds is 9. The summed E-state index contributed by atoms with van der Waals surface area (Å²) in [6.07, 6.45) is 9.18. The highest BCUT2D eigenvalue weighted by molar-refractivity contribution is 5.71. The Bertz CT molecular complexity index is 603. The Morgan fingerprint density at radius 3 is 2.84 bits per heavy atom. The molecule has 0 amide bonds. The van der Waals surface area contributed by atoms with Gasteiger partial charge in [0.2, 0.25) is 0 Å². The number of carbonyl (C=O) groups is 1. The molecule has 0 aromatic carbocycles. The van der Waals surface area contributed by atoms with Gasteiger partial charge in [0.1, 0.15) is 17.9 Å². The standard InChI is InChI=1S/C21H29NO3/c1-2-3-4-5-6-7-11-19(23)13-12-17-9-8-10-18(22-17)16-20-14-15-21(24)25-20/h8-10,19-20,23H,2-7,11,14-16H2,1H3. The van der Waals surface area contributed by atoms with E-state index in [1.54, 1.807) is 0 Å². The zero-order valence-electron chi connectivity index (χ0n) is 15.2. The third-order valence-electron chi connectivity index (χ3n) is 4.41. The number of hydrogen-bond donors (Lipinski definition) is 1. The van der Waals surface area contributed by atoms with Gasteiger partial charge in [-0.1, -0.05) is 51.0 Å². The molecule has 0 saturated carbocycles. The highest BCUT2D eigenvalue weighted by Crippen LogP contribution is 2.17. The van der Waals surface area contributed by atoms with Crippen molar-refractivity contribution in [3.05, 3.63) is 29.6 Å². The second kappa shape index (κ2) is 10.9. The average molecular weight is 343 g/mol. The fourth-order valence-electron chi connectivity index (χ4n) is 2.97. The third kappa shape index (κ3) is 7.70. The molecule has 1 N–H and O–H groups in total. The van der Waals surface area contributed by atoms with E-state index in [1.165, 1.54) is 25.7 Å². The predicted octanol–water partition coefficient (Wildman–Crippen LogP) is 3.79. The lowest BCUT2D eigenvalue weighted by Crippen LogP contribution is -2.11. The Morgan fingerprint density at radius 1 is 1.28 bits per heavy atom. The summed E-state index contributed by atoms with van der Waals surface area (Å²) in [6.45, 7) is 2.21. The monoisotopic (exact) mass is 343 g/mol. The molecule has 1 fully saturated rings. The van der Waals surface area contributed by atoms with Crippen LogP contribution in [0.5, 0.6) is 0 Å². The van der Waals surface area contributed by atoms with Crippen molar-refractivity contribution in [1.29, 1.82) is 0 Å². The molecular weight excluding hydrogens is 314 g/mol. The minimum absolute atomic E-state index is 0.0680. The number of ether oxygens (including phenoxy) is 1. The molecule has 0 spiro atoms. The maximum Gasteiger partial charge on any atom is 0.306 e. The van der Waals surface area contributed by atoms with Gasteiger partial charge in [-0.3, -0.25) is 4.79 Å². The molecule has 1 saturated heterocycles. The predicted molar refractivity (Wildman–Crippen MR) is 97.9 cm³/mol. The van der Waals surface area contributed by atoms with Crippen molar-refractivity contribution < 1.29 is 14.6 Å². The number of aromatic nitrogens is 1. The molecule has 136 valence electrons. The van der Waals surface area contributed by atoms with E-state index in [2.05, 4.69) is 23.7 Å². The van der Waals surface area contributed by atoms with Crippen LogP contribution in [0, 0.1) is 11.8 Å². The van der Waals surface area contributed by atoms with Crippen molar-refractivity contribution in [3.8, 4) is 11.8 Å². The van der Waals surface area contributed by atoms with Crippen LogP contribution in [-0.4, -0.2) is 28.3 Å². The quantitative estimate of drug-likeness (QED) is 0.421. The molecule has 4 heteroatoms. The second-order valence-corrected chi connectivity index (χ2v) is 6.71. The van der Waals surface area contributed by atoms with E-state index in [9.17, 15) is 9.90 Å². The van der Waals surface area contributed by atoms with Gasteiger partial charge in [0, 0.05) is 18.5 Å². The van der Waals surface area contributed by atoms with Crippen LogP contribution in [0.2, 0.25) is 0 Å². The minimum atomic E-state index is -0.590. The molecule has 2 unspecified atom stereocenters. The molecule has 25 heavy (non-hydrogen) atoms. The Kier molecular flexibility index (Phi) is 8.48. The van der Waals surface area contributed by atoms with Gasteiger partial charge in [-0.2, -0.15) is 0 Å². The van der Waals surface area contributed by atoms with Crippen molar-refractivity contribution in [2.75, 3.05) is 0 Å². The smallest absolute Gasteiger partial charge is 0.306 e. The van der Waals surface area contributed by atoms with Gasteiger partial charge in [0.05, 0.1) is 0 Å². The van der Waals surface area contributed by atoms with Crippen LogP contribution in [0.3, 0.4) is 0 Å². The van der Waals surface area contributed by atoms with Gasteiger partial charge >= 0.3 is 5.97 Å². The SMILES string of the molecule is CCCCCCCCC(O)C#Cc1cccc(CC2CCC(=O)O2)n1. The summed E-state index contributed by atoms with van der Waals surface area (Å²) >= 11 is 0. The first-order chi connectivity index (χ1) is 12.2. The van der Waals surface area contributed by atoms with Gasteiger partial charge < -0.3 is 9.84 Å². The van der Waals surface area contributed by atoms with Crippen molar-refractivity contribution in [3.63, 3.8) is 0 Å². The van der Waals surface area contributed by atoms with Gasteiger partial charge in [-0.25, -0.2) is 4.98 Å². The van der Waals surface area contributed by atoms with Crippen LogP contribution in [0.4, 0.5) is 0 Å². The molecule has 1 aliphatic heterocycles. The number of aliphatic hydroxyl groups excluding tert-OH is 1. The van der Waals surface area contributed by atoms with E-state index in [4.69, 9.17) is 4.74 Å². The van der Waals surface area contributed by atoms with Gasteiger partial charge in [0.15, 0.2) is 0 Å². The first-order valence-electron chi connectivity index (χ1n) is 9.52. The molecule has 0 radical (unpaired) electrons. The fraction of sp³-hybridized carbons (Fsp3) is 0.619. The molecule has 2 rings (SSSR count). The lowest BCUT2D eigenvalue weighted by molar-refractivity contribution is -0.141. The lowest BCUT2D eigenvalue weighted by Gasteiger charge is -2.08. The largest absolute Gasteiger partial charge is 0.462 e. The number of aliphatic hydroxyl groups is 1. The minimum Gasteiger partial charge on any atom is -0.462 e. The summed E-state index contributed by atoms with van der Waals surface area (Å²) in [7, 11) is 0. The Hall–Kier alpha value is -1.86. The summed E-state index contributed by atoms with van der Waals surface area (Å²) in [5.41, 5.74) is 1.53. The number of esters is 1. The molecule has 4 nitrogen and oxygen atoms in total. The van der Waals surface area contributed by atoms with Crippen LogP contribution in [0.15, 0.2) is 18.2 Å². The highest BCUT2D eigenvalue weighted by Gasteiger charge is 2.23. The van der Waals surface area contributed by atoms with Gasteiger partial charge in [-0.05, 0) is 37.3 Å². The second-order valence-electron chi connectivity index (χ2n) is 6.71. The first kappa shape index (κ1) is 19.5. The molecule has 1 aromatic rings. The van der Waals surface area contributed by atoms with Crippen molar-refractivity contribution >= 4 is 5.97 Å². The van der Waals surface area contributed by atoms with Crippen LogP contribution in [-0.2, 0) is 16.0 Å². The molecule has 0 aliphatic carbocycles. The van der Waals surface area contributed by atoms with Crippen LogP contribution in [0.25, 0.3) is 0 Å². The van der Waals surface area contributed by atoms with Gasteiger partial charge in [-0.15, -0.1) is 0 Å². The number of cyclic esters (lactones) is 1. The molecule has 1 aliphatic rings. The number of hydrogen-bond acceptors (Lipinski definition) is 4. The van der Waals surface area contributed by atoms with E-state index in [-0.39, 0.29) is 12.1 Å². The van der Waals surface area contributed by atoms with E-state index in [0.29, 0.717) is 18.5 Å². The van der Waals surface area contributed by atoms with Crippen molar-refractivity contribution in [1.82, 2.24) is 4.98 Å². The molecule has 1 aromatic heterocycles. The summed E-state index contributed by atoms with van der Waals surface area (Å²) in [5.74, 6) is 5.72. The normalized spacial score (nSPS) is 17.7. The number of nitrogens with zero attached hydrogens (tertiary/aromatic N) is 1. The number of pyridine rings is 1. The summed E-state index contributed by atoms with van der Waals surface area (Å²) in [4.78, 5) is 15.6. The molecule has 2 atom stereocenters. The average Bonchev–Trinajstić information content (AvgIpc) is 3.01. The van der Waals surface area contributed by atoms with E-state index >= 15 is 0 Å². The zero-order chi connectivity index (χ0) is 17.9. The van der Waals surface area contributed by atoms with Crippen LogP contribution < -0.4 is 0 Å². The maximum absolute atomic E-state index is 11.2. The Balaban J connectivity index is 1.75. The van der Waals surface area contributed by atoms with Gasteiger partial charge in [0.25, 0.3) is 0 Å². The molecule has 0 bridgehead atoms. The number of unbranched alkanes of at least 4 members (excludes halogenated alkanes) is 5. The Morgan fingerprint density at radius 2 is 2.08 bits per heavy atom. The fourth-order valence-corrected chi connectivity index (χ4v) is 2.97. The van der Waals surface area contributed by atoms with Crippen LogP contribution >= 0.6 is 0 Å². The van der Waals surface area contributed by atoms with Crippen molar-refractivity contribution in [2.24, 2.45) is 0 Å². The number of carbonyl (C=O) groups excluding carboxylic acids is 1. The van der Waals surface area contributed by atoms with Crippen LogP contribution in [0.1, 0.15) is 76.1 Å². The van der Waals surface area contributed by atoms with E-state index in [0.717, 1.165) is 31.4 Å². The third-order valence-corrected chi connectivity index (χ3v) is 4.41. The zero-order valence-corrected chi connectivity index (χ0v) is 15.2. The van der Waals surface area contributed by atoms with Crippen molar-refractivity contribution in [2.45, 2.75) is 83.3 Å². The Labute approximate surface area is 151 Å². The van der Waals surface area contributed by atoms with E-state index in [1.807, 2.05) is 18.2 Å². The maximum atomic E-state index is 11.2. The highest BCUT2D eigenvalue weighted by atomic mass is 16.5. The molecular formula is C21H29NO3. The molecule has 2 heterocycles.